The lowest BCUT2D eigenvalue weighted by Gasteiger charge is -2.24. The van der Waals surface area contributed by atoms with Gasteiger partial charge in [0.25, 0.3) is 0 Å². The van der Waals surface area contributed by atoms with E-state index in [-0.39, 0.29) is 11.8 Å². The van der Waals surface area contributed by atoms with Gasteiger partial charge >= 0.3 is 6.61 Å². The third-order valence-corrected chi connectivity index (χ3v) is 6.60. The van der Waals surface area contributed by atoms with E-state index in [1.54, 1.807) is 18.4 Å². The number of hydrogen-bond donors (Lipinski definition) is 1. The van der Waals surface area contributed by atoms with Crippen molar-refractivity contribution < 1.29 is 26.4 Å². The summed E-state index contributed by atoms with van der Waals surface area (Å²) in [6.07, 6.45) is 6.36. The van der Waals surface area contributed by atoms with Crippen LogP contribution in [0.15, 0.2) is 39.9 Å². The van der Waals surface area contributed by atoms with Crippen LogP contribution in [0.1, 0.15) is 47.8 Å². The van der Waals surface area contributed by atoms with Gasteiger partial charge in [-0.05, 0) is 61.1 Å². The molecule has 4 rings (SSSR count). The average molecular weight is 395 g/mol. The minimum absolute atomic E-state index is 0.0799. The maximum Gasteiger partial charge on any atom is 0.387 e. The van der Waals surface area contributed by atoms with Crippen molar-refractivity contribution in [2.24, 2.45) is 0 Å². The van der Waals surface area contributed by atoms with Crippen LogP contribution in [-0.2, 0) is 22.9 Å². The van der Waals surface area contributed by atoms with Gasteiger partial charge in [-0.3, -0.25) is 0 Å². The first-order valence-electron chi connectivity index (χ1n) is 8.79. The van der Waals surface area contributed by atoms with Gasteiger partial charge in [-0.2, -0.15) is 8.78 Å². The molecule has 1 aromatic carbocycles. The number of benzene rings is 1. The fraction of sp³-hybridized carbons (Fsp3) is 0.368. The summed E-state index contributed by atoms with van der Waals surface area (Å²) in [5.41, 5.74) is 2.40. The van der Waals surface area contributed by atoms with Crippen LogP contribution >= 0.6 is 0 Å². The van der Waals surface area contributed by atoms with Crippen LogP contribution in [0.5, 0.6) is 5.75 Å². The van der Waals surface area contributed by atoms with Crippen molar-refractivity contribution in [3.8, 4) is 5.75 Å². The Hall–Kier alpha value is -2.19. The summed E-state index contributed by atoms with van der Waals surface area (Å²) in [6, 6.07) is 6.09. The molecule has 1 atom stereocenters. The zero-order valence-electron chi connectivity index (χ0n) is 14.5. The SMILES string of the molecule is O=S(=O)(NC1CCCc2occc21)C1=Cc2ccc(OC(F)F)cc2CC1. The first kappa shape index (κ1) is 18.2. The smallest absolute Gasteiger partial charge is 0.387 e. The highest BCUT2D eigenvalue weighted by atomic mass is 32.2. The number of allylic oxidation sites excluding steroid dienone is 1. The second-order valence-corrected chi connectivity index (χ2v) is 8.48. The van der Waals surface area contributed by atoms with Crippen molar-refractivity contribution in [2.45, 2.75) is 44.8 Å². The Morgan fingerprint density at radius 2 is 2.04 bits per heavy atom. The van der Waals surface area contributed by atoms with E-state index >= 15 is 0 Å². The van der Waals surface area contributed by atoms with Gasteiger partial charge in [0.05, 0.1) is 17.2 Å². The van der Waals surface area contributed by atoms with E-state index in [1.165, 1.54) is 12.1 Å². The molecular weight excluding hydrogens is 376 g/mol. The summed E-state index contributed by atoms with van der Waals surface area (Å²) in [5.74, 6) is 0.916. The number of furan rings is 1. The Balaban J connectivity index is 1.56. The maximum absolute atomic E-state index is 12.9. The summed E-state index contributed by atoms with van der Waals surface area (Å²) in [4.78, 5) is 0.299. The molecule has 1 heterocycles. The predicted octanol–water partition coefficient (Wildman–Crippen LogP) is 4.17. The molecule has 0 amide bonds. The van der Waals surface area contributed by atoms with Crippen LogP contribution in [0.25, 0.3) is 6.08 Å². The van der Waals surface area contributed by atoms with Crippen LogP contribution in [-0.4, -0.2) is 15.0 Å². The molecule has 144 valence electrons. The molecule has 0 radical (unpaired) electrons. The highest BCUT2D eigenvalue weighted by Gasteiger charge is 2.29. The van der Waals surface area contributed by atoms with Crippen LogP contribution in [0.3, 0.4) is 0 Å². The molecular formula is C19H19F2NO4S. The molecule has 0 spiro atoms. The third-order valence-electron chi connectivity index (χ3n) is 4.99. The highest BCUT2D eigenvalue weighted by Crippen LogP contribution is 2.34. The lowest BCUT2D eigenvalue weighted by Crippen LogP contribution is -2.32. The minimum Gasteiger partial charge on any atom is -0.469 e. The summed E-state index contributed by atoms with van der Waals surface area (Å²) >= 11 is 0. The Morgan fingerprint density at radius 3 is 2.85 bits per heavy atom. The van der Waals surface area contributed by atoms with Gasteiger partial charge in [0.2, 0.25) is 10.0 Å². The van der Waals surface area contributed by atoms with Gasteiger partial charge in [0, 0.05) is 12.0 Å². The maximum atomic E-state index is 12.9. The fourth-order valence-corrected chi connectivity index (χ4v) is 5.13. The second-order valence-electron chi connectivity index (χ2n) is 6.71. The van der Waals surface area contributed by atoms with Crippen LogP contribution in [0.4, 0.5) is 8.78 Å². The largest absolute Gasteiger partial charge is 0.469 e. The Bertz CT molecular complexity index is 981. The van der Waals surface area contributed by atoms with Crippen molar-refractivity contribution in [3.63, 3.8) is 0 Å². The van der Waals surface area contributed by atoms with Crippen LogP contribution in [0.2, 0.25) is 0 Å². The van der Waals surface area contributed by atoms with Crippen molar-refractivity contribution in [3.05, 3.63) is 57.9 Å². The monoisotopic (exact) mass is 395 g/mol. The van der Waals surface area contributed by atoms with E-state index in [9.17, 15) is 17.2 Å². The molecule has 0 bridgehead atoms. The van der Waals surface area contributed by atoms with Gasteiger partial charge in [0.15, 0.2) is 0 Å². The van der Waals surface area contributed by atoms with E-state index in [4.69, 9.17) is 4.42 Å². The number of rotatable bonds is 5. The molecule has 2 aliphatic carbocycles. The van der Waals surface area contributed by atoms with Crippen LogP contribution < -0.4 is 9.46 Å². The minimum atomic E-state index is -3.66. The molecule has 2 aromatic rings. The number of aryl methyl sites for hydroxylation is 2. The summed E-state index contributed by atoms with van der Waals surface area (Å²) in [5, 5.41) is 0. The number of alkyl halides is 2. The van der Waals surface area contributed by atoms with E-state index in [0.717, 1.165) is 36.1 Å². The summed E-state index contributed by atoms with van der Waals surface area (Å²) in [7, 11) is -3.66. The first-order chi connectivity index (χ1) is 12.9. The molecule has 5 nitrogen and oxygen atoms in total. The number of hydrogen-bond acceptors (Lipinski definition) is 4. The van der Waals surface area contributed by atoms with E-state index in [2.05, 4.69) is 9.46 Å². The normalized spacial score (nSPS) is 19.4. The van der Waals surface area contributed by atoms with Crippen molar-refractivity contribution in [1.29, 1.82) is 0 Å². The molecule has 8 heteroatoms. The van der Waals surface area contributed by atoms with Gasteiger partial charge in [-0.15, -0.1) is 0 Å². The molecule has 0 saturated carbocycles. The standard InChI is InChI=1S/C19H19F2NO4S/c20-19(21)26-14-6-4-13-11-15(7-5-12(13)10-14)27(23,24)22-17-2-1-3-18-16(17)8-9-25-18/h4,6,8-11,17,19,22H,1-3,5,7H2. The fourth-order valence-electron chi connectivity index (χ4n) is 3.70. The van der Waals surface area contributed by atoms with E-state index < -0.39 is 16.6 Å². The third kappa shape index (κ3) is 3.77. The number of halogens is 2. The van der Waals surface area contributed by atoms with E-state index in [0.29, 0.717) is 23.3 Å². The molecule has 0 fully saturated rings. The average Bonchev–Trinajstić information content (AvgIpc) is 3.10. The Kier molecular flexibility index (Phi) is 4.77. The molecule has 0 aliphatic heterocycles. The number of ether oxygens (including phenoxy) is 1. The summed E-state index contributed by atoms with van der Waals surface area (Å²) < 4.78 is 63.1. The number of sulfonamides is 1. The van der Waals surface area contributed by atoms with Gasteiger partial charge in [-0.1, -0.05) is 6.07 Å². The van der Waals surface area contributed by atoms with Crippen molar-refractivity contribution in [2.75, 3.05) is 0 Å². The van der Waals surface area contributed by atoms with Gasteiger partial charge in [0.1, 0.15) is 11.5 Å². The quantitative estimate of drug-likeness (QED) is 0.825. The molecule has 27 heavy (non-hydrogen) atoms. The Morgan fingerprint density at radius 1 is 1.19 bits per heavy atom. The lowest BCUT2D eigenvalue weighted by atomic mass is 9.94. The van der Waals surface area contributed by atoms with Gasteiger partial charge in [-0.25, -0.2) is 13.1 Å². The highest BCUT2D eigenvalue weighted by molar-refractivity contribution is 7.93. The van der Waals surface area contributed by atoms with Crippen molar-refractivity contribution >= 4 is 16.1 Å². The zero-order chi connectivity index (χ0) is 19.0. The lowest BCUT2D eigenvalue weighted by molar-refractivity contribution is -0.0498. The number of nitrogens with one attached hydrogen (secondary N) is 1. The van der Waals surface area contributed by atoms with Gasteiger partial charge < -0.3 is 9.15 Å². The molecule has 1 unspecified atom stereocenters. The molecule has 2 aliphatic rings. The Labute approximate surface area is 156 Å². The first-order valence-corrected chi connectivity index (χ1v) is 10.3. The summed E-state index contributed by atoms with van der Waals surface area (Å²) in [6.45, 7) is -2.88. The molecule has 1 N–H and O–H groups in total. The molecule has 0 saturated heterocycles. The predicted molar refractivity (Wildman–Crippen MR) is 95.8 cm³/mol. The van der Waals surface area contributed by atoms with Crippen LogP contribution in [0, 0.1) is 0 Å². The van der Waals surface area contributed by atoms with E-state index in [1.807, 2.05) is 6.07 Å². The topological polar surface area (TPSA) is 68.5 Å². The number of fused-ring (bicyclic) bond motifs is 2. The second kappa shape index (κ2) is 7.09. The van der Waals surface area contributed by atoms with Crippen molar-refractivity contribution in [1.82, 2.24) is 4.72 Å². The zero-order valence-corrected chi connectivity index (χ0v) is 15.3. The molecule has 1 aromatic heterocycles.